The van der Waals surface area contributed by atoms with E-state index >= 15 is 0 Å². The van der Waals surface area contributed by atoms with Crippen LogP contribution >= 0.6 is 15.9 Å². The van der Waals surface area contributed by atoms with Crippen molar-refractivity contribution in [1.29, 1.82) is 0 Å². The molecule has 10 heteroatoms. The minimum absolute atomic E-state index is 0.0248. The van der Waals surface area contributed by atoms with Crippen molar-refractivity contribution in [3.8, 4) is 5.75 Å². The molecular formula is C24H21BrN4O4S. The number of carbonyl (C=O) groups excluding carboxylic acids is 1. The van der Waals surface area contributed by atoms with Crippen LogP contribution in [0.5, 0.6) is 5.75 Å². The molecule has 8 nitrogen and oxygen atoms in total. The summed E-state index contributed by atoms with van der Waals surface area (Å²) in [6.45, 7) is 3.58. The van der Waals surface area contributed by atoms with Gasteiger partial charge < -0.3 is 10.1 Å². The summed E-state index contributed by atoms with van der Waals surface area (Å²) in [5, 5.41) is 3.10. The molecule has 1 heterocycles. The van der Waals surface area contributed by atoms with Crippen LogP contribution in [0.2, 0.25) is 0 Å². The van der Waals surface area contributed by atoms with E-state index in [0.29, 0.717) is 33.4 Å². The van der Waals surface area contributed by atoms with Crippen LogP contribution in [0.4, 0.5) is 17.3 Å². The highest BCUT2D eigenvalue weighted by atomic mass is 79.9. The zero-order valence-corrected chi connectivity index (χ0v) is 20.8. The number of ether oxygens (including phenoxy) is 1. The quantitative estimate of drug-likeness (QED) is 0.282. The molecule has 0 aliphatic carbocycles. The molecule has 0 unspecified atom stereocenters. The van der Waals surface area contributed by atoms with E-state index in [0.717, 1.165) is 0 Å². The molecule has 0 bridgehead atoms. The van der Waals surface area contributed by atoms with Gasteiger partial charge in [-0.25, -0.2) is 18.4 Å². The summed E-state index contributed by atoms with van der Waals surface area (Å²) in [7, 11) is -4.08. The Morgan fingerprint density at radius 2 is 1.62 bits per heavy atom. The zero-order valence-electron chi connectivity index (χ0n) is 18.4. The first-order chi connectivity index (χ1) is 16.3. The molecule has 0 saturated heterocycles. The summed E-state index contributed by atoms with van der Waals surface area (Å²) in [6.07, 6.45) is 0. The minimum Gasteiger partial charge on any atom is -0.492 e. The SMILES string of the molecule is CCOc1ccc(Br)cc1S(=O)(=O)Nc1nc2ccccc2nc1Nc1ccc(C(C)=O)cc1. The number of anilines is 3. The van der Waals surface area contributed by atoms with E-state index in [1.54, 1.807) is 61.5 Å². The molecule has 0 radical (unpaired) electrons. The van der Waals surface area contributed by atoms with Gasteiger partial charge in [0.2, 0.25) is 0 Å². The highest BCUT2D eigenvalue weighted by Crippen LogP contribution is 2.32. The number of nitrogens with one attached hydrogen (secondary N) is 2. The van der Waals surface area contributed by atoms with E-state index in [-0.39, 0.29) is 28.1 Å². The van der Waals surface area contributed by atoms with Gasteiger partial charge in [-0.2, -0.15) is 0 Å². The molecule has 34 heavy (non-hydrogen) atoms. The van der Waals surface area contributed by atoms with Crippen LogP contribution in [0.15, 0.2) is 76.1 Å². The standard InChI is InChI=1S/C24H21BrN4O4S/c1-3-33-21-13-10-17(25)14-22(21)34(31,32)29-24-23(27-19-6-4-5-7-20(19)28-24)26-18-11-8-16(9-12-18)15(2)30/h4-14H,3H2,1-2H3,(H,26,27)(H,28,29). The number of rotatable bonds is 8. The molecular weight excluding hydrogens is 520 g/mol. The van der Waals surface area contributed by atoms with Crippen molar-refractivity contribution in [2.75, 3.05) is 16.6 Å². The Labute approximate surface area is 205 Å². The van der Waals surface area contributed by atoms with Crippen LogP contribution in [-0.2, 0) is 10.0 Å². The van der Waals surface area contributed by atoms with Crippen molar-refractivity contribution in [2.45, 2.75) is 18.7 Å². The molecule has 0 atom stereocenters. The topological polar surface area (TPSA) is 110 Å². The third kappa shape index (κ3) is 5.18. The van der Waals surface area contributed by atoms with Crippen LogP contribution in [0, 0.1) is 0 Å². The maximum atomic E-state index is 13.4. The van der Waals surface area contributed by atoms with Crippen LogP contribution in [0.1, 0.15) is 24.2 Å². The lowest BCUT2D eigenvalue weighted by Gasteiger charge is -2.16. The van der Waals surface area contributed by atoms with Crippen molar-refractivity contribution in [3.63, 3.8) is 0 Å². The number of fused-ring (bicyclic) bond motifs is 1. The largest absolute Gasteiger partial charge is 0.492 e. The first-order valence-corrected chi connectivity index (χ1v) is 12.6. The fraction of sp³-hybridized carbons (Fsp3) is 0.125. The monoisotopic (exact) mass is 540 g/mol. The van der Waals surface area contributed by atoms with Gasteiger partial charge in [0.05, 0.1) is 17.6 Å². The number of para-hydroxylation sites is 2. The van der Waals surface area contributed by atoms with Crippen LogP contribution < -0.4 is 14.8 Å². The first kappa shape index (κ1) is 23.7. The number of hydrogen-bond acceptors (Lipinski definition) is 7. The number of benzene rings is 3. The van der Waals surface area contributed by atoms with Gasteiger partial charge in [0.1, 0.15) is 10.6 Å². The van der Waals surface area contributed by atoms with Crippen molar-refractivity contribution in [3.05, 3.63) is 76.8 Å². The number of carbonyl (C=O) groups is 1. The number of sulfonamides is 1. The lowest BCUT2D eigenvalue weighted by molar-refractivity contribution is 0.101. The molecule has 0 aliphatic rings. The number of ketones is 1. The Hall–Kier alpha value is -3.50. The van der Waals surface area contributed by atoms with Gasteiger partial charge in [-0.1, -0.05) is 28.1 Å². The molecule has 4 rings (SSSR count). The smallest absolute Gasteiger partial charge is 0.266 e. The predicted molar refractivity (Wildman–Crippen MR) is 135 cm³/mol. The van der Waals surface area contributed by atoms with E-state index in [9.17, 15) is 13.2 Å². The second-order valence-electron chi connectivity index (χ2n) is 7.30. The highest BCUT2D eigenvalue weighted by Gasteiger charge is 2.23. The molecule has 0 spiro atoms. The molecule has 0 aliphatic heterocycles. The first-order valence-electron chi connectivity index (χ1n) is 10.4. The molecule has 0 saturated carbocycles. The number of aromatic nitrogens is 2. The van der Waals surface area contributed by atoms with Gasteiger partial charge in [0.25, 0.3) is 10.0 Å². The fourth-order valence-corrected chi connectivity index (χ4v) is 4.93. The van der Waals surface area contributed by atoms with E-state index in [1.165, 1.54) is 13.0 Å². The summed E-state index contributed by atoms with van der Waals surface area (Å²) in [4.78, 5) is 20.6. The van der Waals surface area contributed by atoms with E-state index in [4.69, 9.17) is 4.74 Å². The Bertz CT molecular complexity index is 1470. The predicted octanol–water partition coefficient (Wildman–Crippen LogP) is 5.54. The van der Waals surface area contributed by atoms with Gasteiger partial charge in [-0.3, -0.25) is 9.52 Å². The number of nitrogens with zero attached hydrogens (tertiary/aromatic N) is 2. The van der Waals surface area contributed by atoms with E-state index < -0.39 is 10.0 Å². The van der Waals surface area contributed by atoms with Crippen LogP contribution in [0.25, 0.3) is 11.0 Å². The minimum atomic E-state index is -4.08. The summed E-state index contributed by atoms with van der Waals surface area (Å²) in [6, 6.07) is 18.7. The molecule has 3 aromatic carbocycles. The molecule has 2 N–H and O–H groups in total. The molecule has 174 valence electrons. The molecule has 0 amide bonds. The van der Waals surface area contributed by atoms with E-state index in [1.807, 2.05) is 6.07 Å². The third-order valence-corrected chi connectivity index (χ3v) is 6.70. The Kier molecular flexibility index (Phi) is 6.80. The Balaban J connectivity index is 1.77. The maximum absolute atomic E-state index is 13.4. The zero-order chi connectivity index (χ0) is 24.3. The third-order valence-electron chi connectivity index (χ3n) is 4.85. The average Bonchev–Trinajstić information content (AvgIpc) is 2.81. The van der Waals surface area contributed by atoms with Gasteiger partial charge in [-0.15, -0.1) is 0 Å². The lowest BCUT2D eigenvalue weighted by atomic mass is 10.1. The van der Waals surface area contributed by atoms with Gasteiger partial charge in [0, 0.05) is 15.7 Å². The van der Waals surface area contributed by atoms with Crippen molar-refractivity contribution in [2.24, 2.45) is 0 Å². The number of hydrogen-bond donors (Lipinski definition) is 2. The normalized spacial score (nSPS) is 11.3. The van der Waals surface area contributed by atoms with Crippen molar-refractivity contribution < 1.29 is 17.9 Å². The van der Waals surface area contributed by atoms with Crippen LogP contribution in [0.3, 0.4) is 0 Å². The van der Waals surface area contributed by atoms with Crippen molar-refractivity contribution in [1.82, 2.24) is 9.97 Å². The second kappa shape index (κ2) is 9.78. The van der Waals surface area contributed by atoms with E-state index in [2.05, 4.69) is 35.9 Å². The molecule has 4 aromatic rings. The molecule has 0 fully saturated rings. The molecule has 1 aromatic heterocycles. The summed E-state index contributed by atoms with van der Waals surface area (Å²) in [5.41, 5.74) is 2.30. The fourth-order valence-electron chi connectivity index (χ4n) is 3.23. The number of Topliss-reactive ketones (excluding diaryl/α,β-unsaturated/α-hetero) is 1. The summed E-state index contributed by atoms with van der Waals surface area (Å²) in [5.74, 6) is 0.411. The maximum Gasteiger partial charge on any atom is 0.266 e. The number of halogens is 1. The Morgan fingerprint density at radius 3 is 2.24 bits per heavy atom. The van der Waals surface area contributed by atoms with Crippen LogP contribution in [-0.4, -0.2) is 30.8 Å². The lowest BCUT2D eigenvalue weighted by Crippen LogP contribution is -2.17. The van der Waals surface area contributed by atoms with Crippen molar-refractivity contribution >= 4 is 60.1 Å². The second-order valence-corrected chi connectivity index (χ2v) is 9.86. The van der Waals surface area contributed by atoms with Gasteiger partial charge >= 0.3 is 0 Å². The average molecular weight is 541 g/mol. The summed E-state index contributed by atoms with van der Waals surface area (Å²) < 4.78 is 35.4. The Morgan fingerprint density at radius 1 is 0.971 bits per heavy atom. The van der Waals surface area contributed by atoms with Gasteiger partial charge in [-0.05, 0) is 68.4 Å². The van der Waals surface area contributed by atoms with Gasteiger partial charge in [0.15, 0.2) is 17.4 Å². The highest BCUT2D eigenvalue weighted by molar-refractivity contribution is 9.10. The summed E-state index contributed by atoms with van der Waals surface area (Å²) >= 11 is 3.32.